The normalized spacial score (nSPS) is 19.8. The number of ether oxygens (including phenoxy) is 3. The molecule has 2 unspecified atom stereocenters. The summed E-state index contributed by atoms with van der Waals surface area (Å²) in [7, 11) is 0. The maximum Gasteiger partial charge on any atom is 0.132 e. The lowest BCUT2D eigenvalue weighted by Crippen LogP contribution is -2.51. The molecule has 31 heavy (non-hydrogen) atoms. The highest BCUT2D eigenvalue weighted by molar-refractivity contribution is 5.82. The first-order valence-corrected chi connectivity index (χ1v) is 11.2. The number of hydrogen-bond donors (Lipinski definition) is 1. The predicted octanol–water partition coefficient (Wildman–Crippen LogP) is 6.49. The molecule has 1 heterocycles. The van der Waals surface area contributed by atoms with Crippen molar-refractivity contribution in [1.82, 2.24) is 0 Å². The molecule has 0 fully saturated rings. The Morgan fingerprint density at radius 3 is 2.52 bits per heavy atom. The molecule has 164 valence electrons. The molecule has 0 amide bonds. The number of nitrogens with one attached hydrogen (secondary N) is 1. The van der Waals surface area contributed by atoms with Crippen molar-refractivity contribution < 1.29 is 14.2 Å². The zero-order valence-corrected chi connectivity index (χ0v) is 19.1. The number of rotatable bonds is 7. The van der Waals surface area contributed by atoms with Gasteiger partial charge >= 0.3 is 0 Å². The van der Waals surface area contributed by atoms with Crippen LogP contribution in [0.2, 0.25) is 0 Å². The molecule has 0 radical (unpaired) electrons. The molecule has 0 bridgehead atoms. The zero-order chi connectivity index (χ0) is 22.0. The summed E-state index contributed by atoms with van der Waals surface area (Å²) in [5.41, 5.74) is 2.72. The van der Waals surface area contributed by atoms with Crippen molar-refractivity contribution in [3.8, 4) is 5.75 Å². The van der Waals surface area contributed by atoms with Gasteiger partial charge in [0.15, 0.2) is 0 Å². The van der Waals surface area contributed by atoms with Gasteiger partial charge in [-0.15, -0.1) is 0 Å². The minimum absolute atomic E-state index is 0.0707. The Hall–Kier alpha value is -2.56. The first-order valence-electron chi connectivity index (χ1n) is 11.2. The molecule has 4 heteroatoms. The van der Waals surface area contributed by atoms with E-state index in [-0.39, 0.29) is 18.3 Å². The fraction of sp³-hybridized carbons (Fsp3) is 0.407. The van der Waals surface area contributed by atoms with Crippen LogP contribution in [0.3, 0.4) is 0 Å². The number of benzene rings is 3. The summed E-state index contributed by atoms with van der Waals surface area (Å²) >= 11 is 0. The van der Waals surface area contributed by atoms with Crippen LogP contribution < -0.4 is 10.1 Å². The summed E-state index contributed by atoms with van der Waals surface area (Å²) in [6, 6.07) is 21.1. The summed E-state index contributed by atoms with van der Waals surface area (Å²) in [6.07, 6.45) is -0.384. The second kappa shape index (κ2) is 8.89. The molecule has 0 saturated carbocycles. The fourth-order valence-electron chi connectivity index (χ4n) is 4.29. The van der Waals surface area contributed by atoms with Crippen molar-refractivity contribution in [1.29, 1.82) is 0 Å². The van der Waals surface area contributed by atoms with Crippen molar-refractivity contribution in [3.63, 3.8) is 0 Å². The Morgan fingerprint density at radius 2 is 1.77 bits per heavy atom. The molecule has 1 N–H and O–H groups in total. The van der Waals surface area contributed by atoms with Crippen molar-refractivity contribution in [2.24, 2.45) is 0 Å². The van der Waals surface area contributed by atoms with Gasteiger partial charge in [0.05, 0.1) is 12.7 Å². The first-order chi connectivity index (χ1) is 14.9. The Morgan fingerprint density at radius 1 is 1.00 bits per heavy atom. The lowest BCUT2D eigenvalue weighted by atomic mass is 9.87. The van der Waals surface area contributed by atoms with Crippen LogP contribution in [-0.2, 0) is 16.1 Å². The number of anilines is 1. The third-order valence-corrected chi connectivity index (χ3v) is 5.69. The van der Waals surface area contributed by atoms with E-state index in [1.54, 1.807) is 0 Å². The number of hydrogen-bond acceptors (Lipinski definition) is 4. The van der Waals surface area contributed by atoms with E-state index in [1.807, 2.05) is 6.07 Å². The molecule has 3 aromatic rings. The Kier molecular flexibility index (Phi) is 6.22. The molecule has 0 saturated heterocycles. The number of fused-ring (bicyclic) bond motifs is 2. The molecule has 2 atom stereocenters. The molecule has 4 nitrogen and oxygen atoms in total. The van der Waals surface area contributed by atoms with Gasteiger partial charge in [-0.05, 0) is 75.2 Å². The van der Waals surface area contributed by atoms with Crippen LogP contribution in [0.25, 0.3) is 10.8 Å². The van der Waals surface area contributed by atoms with E-state index in [0.29, 0.717) is 6.61 Å². The van der Waals surface area contributed by atoms with Crippen LogP contribution in [0.1, 0.15) is 51.8 Å². The maximum absolute atomic E-state index is 6.53. The Balaban J connectivity index is 1.63. The van der Waals surface area contributed by atoms with E-state index in [1.165, 1.54) is 10.8 Å². The van der Waals surface area contributed by atoms with Gasteiger partial charge < -0.3 is 19.5 Å². The molecule has 3 aromatic carbocycles. The van der Waals surface area contributed by atoms with Gasteiger partial charge in [0.25, 0.3) is 0 Å². The van der Waals surface area contributed by atoms with Crippen molar-refractivity contribution in [2.45, 2.75) is 65.1 Å². The van der Waals surface area contributed by atoms with Gasteiger partial charge in [-0.25, -0.2) is 0 Å². The first kappa shape index (κ1) is 21.7. The van der Waals surface area contributed by atoms with Gasteiger partial charge in [-0.1, -0.05) is 36.4 Å². The summed E-state index contributed by atoms with van der Waals surface area (Å²) in [6.45, 7) is 11.8. The monoisotopic (exact) mass is 419 g/mol. The van der Waals surface area contributed by atoms with E-state index in [0.717, 1.165) is 29.1 Å². The largest absolute Gasteiger partial charge is 0.485 e. The third-order valence-electron chi connectivity index (χ3n) is 5.69. The highest BCUT2D eigenvalue weighted by Crippen LogP contribution is 2.45. The van der Waals surface area contributed by atoms with Crippen LogP contribution in [0, 0.1) is 0 Å². The lowest BCUT2D eigenvalue weighted by molar-refractivity contribution is -0.177. The summed E-state index contributed by atoms with van der Waals surface area (Å²) in [4.78, 5) is 0. The quantitative estimate of drug-likeness (QED) is 0.475. The second-order valence-electron chi connectivity index (χ2n) is 9.01. The van der Waals surface area contributed by atoms with Gasteiger partial charge in [-0.2, -0.15) is 0 Å². The molecule has 0 spiro atoms. The average molecular weight is 420 g/mol. The second-order valence-corrected chi connectivity index (χ2v) is 9.01. The molecular weight excluding hydrogens is 386 g/mol. The van der Waals surface area contributed by atoms with E-state index < -0.39 is 5.60 Å². The SMILES string of the molecule is CCNc1ccc2c(c1)C(OC(C)C)C(OCc1ccc3ccccc3c1)C(C)(C)O2. The van der Waals surface area contributed by atoms with E-state index in [4.69, 9.17) is 14.2 Å². The predicted molar refractivity (Wildman–Crippen MR) is 127 cm³/mol. The molecule has 0 aromatic heterocycles. The van der Waals surface area contributed by atoms with E-state index in [2.05, 4.69) is 94.5 Å². The summed E-state index contributed by atoms with van der Waals surface area (Å²) in [5, 5.41) is 5.85. The molecule has 1 aliphatic rings. The fourth-order valence-corrected chi connectivity index (χ4v) is 4.29. The van der Waals surface area contributed by atoms with Gasteiger partial charge in [0.1, 0.15) is 23.6 Å². The van der Waals surface area contributed by atoms with Crippen molar-refractivity contribution >= 4 is 16.5 Å². The van der Waals surface area contributed by atoms with E-state index in [9.17, 15) is 0 Å². The minimum Gasteiger partial charge on any atom is -0.485 e. The van der Waals surface area contributed by atoms with Crippen LogP contribution >= 0.6 is 0 Å². The highest BCUT2D eigenvalue weighted by Gasteiger charge is 2.46. The Labute approximate surface area is 185 Å². The average Bonchev–Trinajstić information content (AvgIpc) is 2.73. The lowest BCUT2D eigenvalue weighted by Gasteiger charge is -2.45. The van der Waals surface area contributed by atoms with Crippen LogP contribution in [0.5, 0.6) is 5.75 Å². The highest BCUT2D eigenvalue weighted by atomic mass is 16.6. The van der Waals surface area contributed by atoms with Gasteiger partial charge in [0, 0.05) is 17.8 Å². The molecule has 4 rings (SSSR count). The standard InChI is InChI=1S/C27H33NO3/c1-6-28-22-13-14-24-23(16-22)25(30-18(2)3)26(27(4,5)31-24)29-17-19-11-12-20-9-7-8-10-21(20)15-19/h7-16,18,25-26,28H,6,17H2,1-5H3. The topological polar surface area (TPSA) is 39.7 Å². The van der Waals surface area contributed by atoms with Crippen LogP contribution in [-0.4, -0.2) is 24.4 Å². The van der Waals surface area contributed by atoms with Gasteiger partial charge in [-0.3, -0.25) is 0 Å². The molecule has 0 aliphatic carbocycles. The van der Waals surface area contributed by atoms with Crippen LogP contribution in [0.4, 0.5) is 5.69 Å². The Bertz CT molecular complexity index is 1040. The van der Waals surface area contributed by atoms with Crippen molar-refractivity contribution in [3.05, 3.63) is 71.8 Å². The van der Waals surface area contributed by atoms with Gasteiger partial charge in [0.2, 0.25) is 0 Å². The van der Waals surface area contributed by atoms with Crippen LogP contribution in [0.15, 0.2) is 60.7 Å². The zero-order valence-electron chi connectivity index (χ0n) is 19.1. The van der Waals surface area contributed by atoms with Crippen molar-refractivity contribution in [2.75, 3.05) is 11.9 Å². The minimum atomic E-state index is -0.525. The third kappa shape index (κ3) is 4.70. The summed E-state index contributed by atoms with van der Waals surface area (Å²) in [5.74, 6) is 0.864. The summed E-state index contributed by atoms with van der Waals surface area (Å²) < 4.78 is 19.4. The maximum atomic E-state index is 6.53. The van der Waals surface area contributed by atoms with E-state index >= 15 is 0 Å². The molecular formula is C27H33NO3. The smallest absolute Gasteiger partial charge is 0.132 e. The molecule has 1 aliphatic heterocycles.